The van der Waals surface area contributed by atoms with Crippen LogP contribution >= 0.6 is 0 Å². The fraction of sp³-hybridized carbons (Fsp3) is 0.423. The Morgan fingerprint density at radius 3 is 2.45 bits per heavy atom. The second kappa shape index (κ2) is 8.69. The molecule has 4 N–H and O–H groups in total. The zero-order valence-corrected chi connectivity index (χ0v) is 21.4. The first kappa shape index (κ1) is 24.2. The number of Topliss-reactive ketones (excluding diaryl/α,β-unsaturated/α-hetero) is 1. The van der Waals surface area contributed by atoms with Crippen molar-refractivity contribution in [1.29, 1.82) is 0 Å². The van der Waals surface area contributed by atoms with Crippen LogP contribution in [-0.4, -0.2) is 68.5 Å². The lowest BCUT2D eigenvalue weighted by atomic mass is 9.85. The number of ketones is 1. The fourth-order valence-electron chi connectivity index (χ4n) is 5.97. The molecule has 2 saturated heterocycles. The minimum absolute atomic E-state index is 0.0124. The van der Waals surface area contributed by atoms with Crippen molar-refractivity contribution in [3.8, 4) is 11.1 Å². The molecule has 2 aliphatic heterocycles. The largest absolute Gasteiger partial charge is 0.384 e. The van der Waals surface area contributed by atoms with E-state index in [0.717, 1.165) is 24.0 Å². The number of nitrogens with zero attached hydrogens (tertiary/aromatic N) is 7. The third-order valence-electron chi connectivity index (χ3n) is 7.74. The molecule has 1 amide bonds. The number of nitrogen functional groups attached to an aromatic ring is 1. The Kier molecular flexibility index (Phi) is 5.53. The molecule has 0 radical (unpaired) electrons. The van der Waals surface area contributed by atoms with Gasteiger partial charge in [-0.05, 0) is 52.5 Å². The van der Waals surface area contributed by atoms with Gasteiger partial charge in [0.1, 0.15) is 17.7 Å². The van der Waals surface area contributed by atoms with E-state index in [9.17, 15) is 14.7 Å². The SMILES string of the molecule is CC(=O)c1c([C@@H]2C[C@H]3CC[C@@H](C2)N3C(=O)c2ncn[nH]2)nc2c(-c3ccc(C(C)(C)O)nc3)cnn2c1N. The summed E-state index contributed by atoms with van der Waals surface area (Å²) in [6.45, 7) is 4.85. The van der Waals surface area contributed by atoms with Gasteiger partial charge in [-0.1, -0.05) is 6.07 Å². The van der Waals surface area contributed by atoms with Crippen LogP contribution in [-0.2, 0) is 5.60 Å². The lowest BCUT2D eigenvalue weighted by Gasteiger charge is -2.38. The monoisotopic (exact) mass is 515 g/mol. The van der Waals surface area contributed by atoms with E-state index in [4.69, 9.17) is 10.7 Å². The standard InChI is InChI=1S/C26H29N9O3/c1-13(36)20-21(15-8-16-5-6-17(9-15)34(16)25(37)23-29-12-30-33-23)32-24-18(11-31-35(24)22(20)27)14-4-7-19(28-10-14)26(2,3)38/h4,7,10-12,15-17,38H,5-6,8-9,27H2,1-3H3,(H,29,30,33)/t15-,16-,17+. The van der Waals surface area contributed by atoms with Crippen molar-refractivity contribution < 1.29 is 14.7 Å². The zero-order valence-electron chi connectivity index (χ0n) is 21.4. The Morgan fingerprint density at radius 2 is 1.87 bits per heavy atom. The number of nitrogens with one attached hydrogen (secondary N) is 1. The maximum atomic E-state index is 13.1. The summed E-state index contributed by atoms with van der Waals surface area (Å²) < 4.78 is 1.50. The molecule has 0 aliphatic carbocycles. The number of carbonyl (C=O) groups excluding carboxylic acids is 2. The molecule has 2 fully saturated rings. The summed E-state index contributed by atoms with van der Waals surface area (Å²) >= 11 is 0. The van der Waals surface area contributed by atoms with Crippen LogP contribution in [0, 0.1) is 0 Å². The van der Waals surface area contributed by atoms with Crippen molar-refractivity contribution in [2.75, 3.05) is 5.73 Å². The molecule has 2 bridgehead atoms. The van der Waals surface area contributed by atoms with Crippen molar-refractivity contribution in [1.82, 2.24) is 39.7 Å². The summed E-state index contributed by atoms with van der Waals surface area (Å²) in [4.78, 5) is 41.3. The number of hydrogen-bond donors (Lipinski definition) is 3. The molecule has 12 nitrogen and oxygen atoms in total. The molecule has 3 atom stereocenters. The van der Waals surface area contributed by atoms with E-state index in [2.05, 4.69) is 25.3 Å². The van der Waals surface area contributed by atoms with Crippen LogP contribution in [0.25, 0.3) is 16.8 Å². The molecule has 0 unspecified atom stereocenters. The second-order valence-electron chi connectivity index (χ2n) is 10.7. The molecular formula is C26H29N9O3. The van der Waals surface area contributed by atoms with Gasteiger partial charge >= 0.3 is 0 Å². The van der Waals surface area contributed by atoms with E-state index in [0.29, 0.717) is 35.4 Å². The van der Waals surface area contributed by atoms with Crippen molar-refractivity contribution in [3.05, 3.63) is 53.6 Å². The summed E-state index contributed by atoms with van der Waals surface area (Å²) in [7, 11) is 0. The van der Waals surface area contributed by atoms with Crippen molar-refractivity contribution >= 4 is 23.2 Å². The van der Waals surface area contributed by atoms with Gasteiger partial charge in [0, 0.05) is 35.3 Å². The van der Waals surface area contributed by atoms with Crippen LogP contribution in [0.1, 0.15) is 84.7 Å². The van der Waals surface area contributed by atoms with Crippen LogP contribution in [0.2, 0.25) is 0 Å². The topological polar surface area (TPSA) is 168 Å². The molecule has 0 spiro atoms. The smallest absolute Gasteiger partial charge is 0.291 e. The van der Waals surface area contributed by atoms with Crippen LogP contribution in [0.5, 0.6) is 0 Å². The van der Waals surface area contributed by atoms with E-state index in [-0.39, 0.29) is 41.3 Å². The Hall–Kier alpha value is -4.19. The number of aromatic nitrogens is 7. The number of aliphatic hydroxyl groups is 1. The van der Waals surface area contributed by atoms with Crippen molar-refractivity contribution in [3.63, 3.8) is 0 Å². The minimum atomic E-state index is -1.06. The molecule has 196 valence electrons. The molecule has 12 heteroatoms. The molecular weight excluding hydrogens is 486 g/mol. The Bertz CT molecular complexity index is 1520. The maximum absolute atomic E-state index is 13.1. The normalized spacial score (nSPS) is 21.3. The number of hydrogen-bond acceptors (Lipinski definition) is 9. The number of piperidine rings is 1. The molecule has 4 aromatic heterocycles. The van der Waals surface area contributed by atoms with Crippen LogP contribution in [0.15, 0.2) is 30.9 Å². The van der Waals surface area contributed by atoms with Gasteiger partial charge in [-0.3, -0.25) is 19.7 Å². The Labute approximate surface area is 218 Å². The number of amides is 1. The molecule has 6 heterocycles. The van der Waals surface area contributed by atoms with E-state index >= 15 is 0 Å². The van der Waals surface area contributed by atoms with E-state index < -0.39 is 5.60 Å². The van der Waals surface area contributed by atoms with Gasteiger partial charge < -0.3 is 15.7 Å². The predicted molar refractivity (Wildman–Crippen MR) is 137 cm³/mol. The highest BCUT2D eigenvalue weighted by Crippen LogP contribution is 2.45. The number of aromatic amines is 1. The number of rotatable bonds is 5. The van der Waals surface area contributed by atoms with Gasteiger partial charge in [0.05, 0.1) is 23.1 Å². The molecule has 0 aromatic carbocycles. The number of anilines is 1. The third kappa shape index (κ3) is 3.83. The number of nitrogens with two attached hydrogens (primary N) is 1. The van der Waals surface area contributed by atoms with Gasteiger partial charge in [-0.2, -0.15) is 14.7 Å². The third-order valence-corrected chi connectivity index (χ3v) is 7.74. The van der Waals surface area contributed by atoms with E-state index in [1.807, 2.05) is 11.0 Å². The molecule has 2 aliphatic rings. The number of H-pyrrole nitrogens is 1. The van der Waals surface area contributed by atoms with Gasteiger partial charge in [0.15, 0.2) is 11.4 Å². The van der Waals surface area contributed by atoms with Crippen molar-refractivity contribution in [2.24, 2.45) is 0 Å². The fourth-order valence-corrected chi connectivity index (χ4v) is 5.97. The summed E-state index contributed by atoms with van der Waals surface area (Å²) in [6.07, 6.45) is 7.77. The molecule has 38 heavy (non-hydrogen) atoms. The highest BCUT2D eigenvalue weighted by Gasteiger charge is 2.45. The summed E-state index contributed by atoms with van der Waals surface area (Å²) in [6, 6.07) is 3.66. The summed E-state index contributed by atoms with van der Waals surface area (Å²) in [5.74, 6) is 0.117. The highest BCUT2D eigenvalue weighted by atomic mass is 16.3. The molecule has 0 saturated carbocycles. The van der Waals surface area contributed by atoms with Crippen LogP contribution in [0.3, 0.4) is 0 Å². The summed E-state index contributed by atoms with van der Waals surface area (Å²) in [5.41, 5.74) is 9.08. The predicted octanol–water partition coefficient (Wildman–Crippen LogP) is 2.47. The first-order valence-electron chi connectivity index (χ1n) is 12.7. The molecule has 6 rings (SSSR count). The average molecular weight is 516 g/mol. The number of pyridine rings is 1. The quantitative estimate of drug-likeness (QED) is 0.338. The first-order valence-corrected chi connectivity index (χ1v) is 12.7. The van der Waals surface area contributed by atoms with E-state index in [1.54, 1.807) is 32.3 Å². The Morgan fingerprint density at radius 1 is 1.13 bits per heavy atom. The highest BCUT2D eigenvalue weighted by molar-refractivity contribution is 6.00. The number of carbonyl (C=O) groups is 2. The van der Waals surface area contributed by atoms with Gasteiger partial charge in [0.2, 0.25) is 5.82 Å². The van der Waals surface area contributed by atoms with E-state index in [1.165, 1.54) is 17.8 Å². The van der Waals surface area contributed by atoms with Gasteiger partial charge in [0.25, 0.3) is 5.91 Å². The first-order chi connectivity index (χ1) is 18.1. The Balaban J connectivity index is 1.39. The lowest BCUT2D eigenvalue weighted by Crippen LogP contribution is -2.46. The van der Waals surface area contributed by atoms with Gasteiger partial charge in [-0.25, -0.2) is 9.97 Å². The lowest BCUT2D eigenvalue weighted by molar-refractivity contribution is 0.0556. The minimum Gasteiger partial charge on any atom is -0.384 e. The summed E-state index contributed by atoms with van der Waals surface area (Å²) in [5, 5.41) is 21.2. The van der Waals surface area contributed by atoms with Crippen LogP contribution < -0.4 is 5.73 Å². The zero-order chi connectivity index (χ0) is 26.8. The number of fused-ring (bicyclic) bond motifs is 3. The average Bonchev–Trinajstić information content (AvgIpc) is 3.61. The second-order valence-corrected chi connectivity index (χ2v) is 10.7. The van der Waals surface area contributed by atoms with Crippen LogP contribution in [0.4, 0.5) is 5.82 Å². The van der Waals surface area contributed by atoms with Crippen molar-refractivity contribution in [2.45, 2.75) is 70.1 Å². The molecule has 4 aromatic rings. The maximum Gasteiger partial charge on any atom is 0.291 e. The van der Waals surface area contributed by atoms with Gasteiger partial charge in [-0.15, -0.1) is 0 Å².